The van der Waals surface area contributed by atoms with Crippen LogP contribution >= 0.6 is 7.26 Å². The van der Waals surface area contributed by atoms with Gasteiger partial charge < -0.3 is 9.15 Å². The highest BCUT2D eigenvalue weighted by Crippen LogP contribution is 2.58. The van der Waals surface area contributed by atoms with Crippen LogP contribution in [0, 0.1) is 0 Å². The summed E-state index contributed by atoms with van der Waals surface area (Å²) in [6.07, 6.45) is 2.35. The van der Waals surface area contributed by atoms with Gasteiger partial charge in [-0.3, -0.25) is 0 Å². The maximum atomic E-state index is 12.5. The third-order valence-electron chi connectivity index (χ3n) is 6.59. The fraction of sp³-hybridized carbons (Fsp3) is 0.0303. The second-order valence-electron chi connectivity index (χ2n) is 8.98. The highest BCUT2D eigenvalue weighted by molar-refractivity contribution is 7.95. The van der Waals surface area contributed by atoms with Gasteiger partial charge in [0, 0.05) is 11.6 Å². The molecule has 6 rings (SSSR count). The molecule has 2 heterocycles. The lowest BCUT2D eigenvalue weighted by molar-refractivity contribution is -0.129. The molecule has 184 valence electrons. The van der Waals surface area contributed by atoms with Gasteiger partial charge in [-0.1, -0.05) is 72.8 Å². The molecule has 38 heavy (non-hydrogen) atoms. The molecule has 4 nitrogen and oxygen atoms in total. The molecule has 0 saturated carbocycles. The molecule has 0 spiro atoms. The van der Waals surface area contributed by atoms with Gasteiger partial charge >= 0.3 is 5.97 Å². The molecule has 1 aromatic heterocycles. The number of carbonyl (C=O) groups is 1. The highest BCUT2D eigenvalue weighted by atomic mass is 31.2. The number of furan rings is 1. The molecular formula is C33H25NO3P+. The van der Waals surface area contributed by atoms with Crippen LogP contribution in [0.25, 0.3) is 6.08 Å². The lowest BCUT2D eigenvalue weighted by Gasteiger charge is -2.26. The smallest absolute Gasteiger partial charge is 0.363 e. The van der Waals surface area contributed by atoms with Gasteiger partial charge in [-0.25, -0.2) is 9.79 Å². The number of hydrogen-bond donors (Lipinski definition) is 0. The van der Waals surface area contributed by atoms with Gasteiger partial charge in [0.15, 0.2) is 5.70 Å². The third-order valence-corrected chi connectivity index (χ3v) is 10.9. The number of carbonyl (C=O) groups excluding carboxylic acids is 1. The summed E-state index contributed by atoms with van der Waals surface area (Å²) >= 11 is 0. The van der Waals surface area contributed by atoms with Gasteiger partial charge in [0.05, 0.1) is 0 Å². The predicted octanol–water partition coefficient (Wildman–Crippen LogP) is 6.12. The molecular weight excluding hydrogens is 489 g/mol. The summed E-state index contributed by atoms with van der Waals surface area (Å²) < 4.78 is 11.7. The molecule has 0 atom stereocenters. The van der Waals surface area contributed by atoms with E-state index in [4.69, 9.17) is 9.15 Å². The molecule has 0 radical (unpaired) electrons. The van der Waals surface area contributed by atoms with Crippen LogP contribution in [0.15, 0.2) is 149 Å². The minimum Gasteiger partial charge on any atom is -0.458 e. The quantitative estimate of drug-likeness (QED) is 0.149. The predicted molar refractivity (Wildman–Crippen MR) is 155 cm³/mol. The van der Waals surface area contributed by atoms with Crippen LogP contribution in [0.5, 0.6) is 0 Å². The van der Waals surface area contributed by atoms with Crippen LogP contribution < -0.4 is 15.9 Å². The number of ether oxygens (including phenoxy) is 1. The molecule has 0 N–H and O–H groups in total. The Kier molecular flexibility index (Phi) is 6.56. The van der Waals surface area contributed by atoms with Crippen molar-refractivity contribution in [3.05, 3.63) is 156 Å². The number of benzene rings is 4. The average Bonchev–Trinajstić information content (AvgIpc) is 3.59. The van der Waals surface area contributed by atoms with Crippen LogP contribution in [0.3, 0.4) is 0 Å². The topological polar surface area (TPSA) is 51.8 Å². The first-order valence-corrected chi connectivity index (χ1v) is 14.4. The van der Waals surface area contributed by atoms with Crippen molar-refractivity contribution in [3.63, 3.8) is 0 Å². The number of hydrogen-bond acceptors (Lipinski definition) is 4. The molecule has 0 aliphatic carbocycles. The molecule has 0 amide bonds. The average molecular weight is 515 g/mol. The van der Waals surface area contributed by atoms with Gasteiger partial charge in [-0.2, -0.15) is 0 Å². The van der Waals surface area contributed by atoms with Crippen molar-refractivity contribution in [1.82, 2.24) is 0 Å². The van der Waals surface area contributed by atoms with Crippen LogP contribution in [-0.4, -0.2) is 11.9 Å². The van der Waals surface area contributed by atoms with E-state index in [0.29, 0.717) is 17.8 Å². The first kappa shape index (κ1) is 23.8. The van der Waals surface area contributed by atoms with E-state index in [1.165, 1.54) is 15.9 Å². The van der Waals surface area contributed by atoms with E-state index in [-0.39, 0.29) is 5.70 Å². The van der Waals surface area contributed by atoms with Crippen molar-refractivity contribution in [2.24, 2.45) is 4.99 Å². The normalized spacial score (nSPS) is 14.4. The molecule has 0 unspecified atom stereocenters. The number of rotatable bonds is 7. The summed E-state index contributed by atoms with van der Waals surface area (Å²) in [5, 5.41) is 3.85. The molecule has 5 heteroatoms. The van der Waals surface area contributed by atoms with Crippen LogP contribution in [0.4, 0.5) is 0 Å². The third kappa shape index (κ3) is 4.63. The van der Waals surface area contributed by atoms with Crippen molar-refractivity contribution < 1.29 is 13.9 Å². The fourth-order valence-electron chi connectivity index (χ4n) is 4.81. The maximum Gasteiger partial charge on any atom is 0.363 e. The minimum atomic E-state index is -2.09. The lowest BCUT2D eigenvalue weighted by Crippen LogP contribution is -2.32. The van der Waals surface area contributed by atoms with Crippen LogP contribution in [-0.2, 0) is 15.7 Å². The van der Waals surface area contributed by atoms with Crippen molar-refractivity contribution in [2.75, 3.05) is 0 Å². The van der Waals surface area contributed by atoms with Crippen LogP contribution in [0.2, 0.25) is 0 Å². The van der Waals surface area contributed by atoms with Crippen molar-refractivity contribution in [1.29, 1.82) is 0 Å². The Labute approximate surface area is 222 Å². The largest absolute Gasteiger partial charge is 0.458 e. The van der Waals surface area contributed by atoms with Crippen molar-refractivity contribution >= 4 is 41.1 Å². The molecule has 0 bridgehead atoms. The second kappa shape index (κ2) is 10.5. The number of esters is 1. The van der Waals surface area contributed by atoms with E-state index >= 15 is 0 Å². The Balaban J connectivity index is 1.40. The minimum absolute atomic E-state index is 0.222. The zero-order valence-corrected chi connectivity index (χ0v) is 21.5. The maximum absolute atomic E-state index is 12.5. The van der Waals surface area contributed by atoms with E-state index in [0.717, 1.165) is 11.3 Å². The standard InChI is InChI=1S/C33H25NO3P/c35-33-31(34-32(37-33)25-13-5-1-6-14-25)23-26-21-22-27(36-26)24-38(28-15-7-2-8-16-28,29-17-9-3-10-18-29)30-19-11-4-12-20-30/h1-23H,24H2/q+1. The molecule has 0 saturated heterocycles. The van der Waals surface area contributed by atoms with Gasteiger partial charge in [0.1, 0.15) is 40.9 Å². The summed E-state index contributed by atoms with van der Waals surface area (Å²) in [5.74, 6) is 1.23. The summed E-state index contributed by atoms with van der Waals surface area (Å²) in [6, 6.07) is 45.3. The Morgan fingerprint density at radius 3 is 1.66 bits per heavy atom. The molecule has 0 fully saturated rings. The van der Waals surface area contributed by atoms with E-state index < -0.39 is 13.2 Å². The van der Waals surface area contributed by atoms with E-state index in [9.17, 15) is 4.79 Å². The molecule has 1 aliphatic rings. The Morgan fingerprint density at radius 2 is 1.13 bits per heavy atom. The Hall–Kier alpha value is -4.53. The summed E-state index contributed by atoms with van der Waals surface area (Å²) in [6.45, 7) is 0. The van der Waals surface area contributed by atoms with Crippen molar-refractivity contribution in [3.8, 4) is 0 Å². The molecule has 1 aliphatic heterocycles. The number of aliphatic imine (C=N–C) groups is 1. The first-order chi connectivity index (χ1) is 18.7. The van der Waals surface area contributed by atoms with Crippen LogP contribution in [0.1, 0.15) is 17.1 Å². The van der Waals surface area contributed by atoms with E-state index in [2.05, 4.69) is 96.0 Å². The Morgan fingerprint density at radius 1 is 0.632 bits per heavy atom. The summed E-state index contributed by atoms with van der Waals surface area (Å²) in [7, 11) is -2.09. The molecule has 5 aromatic rings. The SMILES string of the molecule is O=C1OC(c2ccccc2)=NC1=Cc1ccc(C[P+](c2ccccc2)(c2ccccc2)c2ccccc2)o1. The van der Waals surface area contributed by atoms with Gasteiger partial charge in [-0.05, 0) is 60.7 Å². The highest BCUT2D eigenvalue weighted by Gasteiger charge is 2.46. The van der Waals surface area contributed by atoms with Gasteiger partial charge in [-0.15, -0.1) is 0 Å². The zero-order valence-electron chi connectivity index (χ0n) is 20.6. The Bertz CT molecular complexity index is 1510. The van der Waals surface area contributed by atoms with Crippen molar-refractivity contribution in [2.45, 2.75) is 6.16 Å². The van der Waals surface area contributed by atoms with Gasteiger partial charge in [0.2, 0.25) is 5.90 Å². The number of cyclic esters (lactones) is 1. The summed E-state index contributed by atoms with van der Waals surface area (Å²) in [5.41, 5.74) is 0.979. The summed E-state index contributed by atoms with van der Waals surface area (Å²) in [4.78, 5) is 16.9. The van der Waals surface area contributed by atoms with E-state index in [1.807, 2.05) is 42.5 Å². The lowest BCUT2D eigenvalue weighted by atomic mass is 10.2. The second-order valence-corrected chi connectivity index (χ2v) is 12.5. The fourth-order valence-corrected chi connectivity index (χ4v) is 8.93. The van der Waals surface area contributed by atoms with Gasteiger partial charge in [0.25, 0.3) is 0 Å². The monoisotopic (exact) mass is 514 g/mol. The van der Waals surface area contributed by atoms with E-state index in [1.54, 1.807) is 6.08 Å². The molecule has 4 aromatic carbocycles. The first-order valence-electron chi connectivity index (χ1n) is 12.4. The zero-order chi connectivity index (χ0) is 25.8. The number of nitrogens with zero attached hydrogens (tertiary/aromatic N) is 1.